The molecule has 1 aromatic rings. The number of hydrogen-bond donors (Lipinski definition) is 1. The van der Waals surface area contributed by atoms with Crippen molar-refractivity contribution >= 4 is 15.9 Å². The van der Waals surface area contributed by atoms with Gasteiger partial charge in [-0.25, -0.2) is 13.1 Å². The molecule has 2 fully saturated rings. The minimum Gasteiger partial charge on any atom is -0.483 e. The van der Waals surface area contributed by atoms with Gasteiger partial charge in [0.2, 0.25) is 10.0 Å². The number of hydrogen-bond acceptors (Lipinski definition) is 5. The first-order valence-corrected chi connectivity index (χ1v) is 12.8. The van der Waals surface area contributed by atoms with E-state index in [1.54, 1.807) is 4.90 Å². The van der Waals surface area contributed by atoms with Crippen molar-refractivity contribution in [3.8, 4) is 5.75 Å². The fourth-order valence-corrected chi connectivity index (χ4v) is 6.04. The molecule has 1 aromatic carbocycles. The SMILES string of the molecule is C[C@@H]1CCN2C(=O)COc3ccccc3C3CCC(CC3)OCC2C1NS(C)(=O)=O. The topological polar surface area (TPSA) is 84.9 Å². The van der Waals surface area contributed by atoms with Gasteiger partial charge in [0.15, 0.2) is 6.61 Å². The maximum atomic E-state index is 13.1. The van der Waals surface area contributed by atoms with E-state index in [1.165, 1.54) is 11.8 Å². The van der Waals surface area contributed by atoms with Gasteiger partial charge in [0, 0.05) is 12.6 Å². The number of nitrogens with zero attached hydrogens (tertiary/aromatic N) is 1. The van der Waals surface area contributed by atoms with Crippen LogP contribution < -0.4 is 9.46 Å². The molecule has 3 atom stereocenters. The average molecular weight is 437 g/mol. The summed E-state index contributed by atoms with van der Waals surface area (Å²) in [5.74, 6) is 1.18. The van der Waals surface area contributed by atoms with E-state index in [1.807, 2.05) is 25.1 Å². The summed E-state index contributed by atoms with van der Waals surface area (Å²) in [5.41, 5.74) is 1.17. The highest BCUT2D eigenvalue weighted by Crippen LogP contribution is 2.39. The van der Waals surface area contributed by atoms with Crippen molar-refractivity contribution in [2.45, 2.75) is 63.1 Å². The Morgan fingerprint density at radius 3 is 2.57 bits per heavy atom. The Morgan fingerprint density at radius 2 is 1.83 bits per heavy atom. The Hall–Kier alpha value is -1.64. The summed E-state index contributed by atoms with van der Waals surface area (Å²) in [6, 6.07) is 7.29. The van der Waals surface area contributed by atoms with E-state index < -0.39 is 10.0 Å². The quantitative estimate of drug-likeness (QED) is 0.769. The van der Waals surface area contributed by atoms with E-state index in [0.29, 0.717) is 19.1 Å². The largest absolute Gasteiger partial charge is 0.483 e. The standard InChI is InChI=1S/C22H32N2O5S/c1-15-11-12-24-19(22(15)23-30(2,26)27)13-28-17-9-7-16(8-10-17)18-5-3-4-6-20(18)29-14-21(24)25/h3-6,15-17,19,22-23H,7-14H2,1-2H3/t15-,16?,17?,19?,22?/m1/s1. The summed E-state index contributed by atoms with van der Waals surface area (Å²) in [5, 5.41) is 0. The molecule has 30 heavy (non-hydrogen) atoms. The van der Waals surface area contributed by atoms with Crippen molar-refractivity contribution in [2.24, 2.45) is 5.92 Å². The van der Waals surface area contributed by atoms with Gasteiger partial charge in [-0.05, 0) is 55.6 Å². The van der Waals surface area contributed by atoms with Crippen molar-refractivity contribution in [3.05, 3.63) is 29.8 Å². The first-order chi connectivity index (χ1) is 14.3. The number of para-hydroxylation sites is 1. The first kappa shape index (κ1) is 21.6. The number of amides is 1. The fourth-order valence-electron chi connectivity index (χ4n) is 5.15. The molecule has 0 spiro atoms. The van der Waals surface area contributed by atoms with Crippen LogP contribution in [0.4, 0.5) is 0 Å². The molecule has 2 unspecified atom stereocenters. The van der Waals surface area contributed by atoms with Gasteiger partial charge in [0.25, 0.3) is 5.91 Å². The Bertz CT molecular complexity index is 866. The fraction of sp³-hybridized carbons (Fsp3) is 0.682. The number of rotatable bonds is 2. The van der Waals surface area contributed by atoms with Crippen molar-refractivity contribution < 1.29 is 22.7 Å². The van der Waals surface area contributed by atoms with Crippen LogP contribution in [0.1, 0.15) is 50.5 Å². The number of benzene rings is 1. The van der Waals surface area contributed by atoms with Crippen LogP contribution in [-0.4, -0.2) is 63.4 Å². The molecule has 1 N–H and O–H groups in total. The van der Waals surface area contributed by atoms with Crippen molar-refractivity contribution in [1.82, 2.24) is 9.62 Å². The van der Waals surface area contributed by atoms with Crippen LogP contribution in [0.5, 0.6) is 5.75 Å². The van der Waals surface area contributed by atoms with Crippen LogP contribution in [0.15, 0.2) is 24.3 Å². The Balaban J connectivity index is 1.63. The zero-order chi connectivity index (χ0) is 21.3. The Kier molecular flexibility index (Phi) is 6.36. The molecule has 1 saturated carbocycles. The molecule has 3 heterocycles. The van der Waals surface area contributed by atoms with Gasteiger partial charge >= 0.3 is 0 Å². The van der Waals surface area contributed by atoms with Gasteiger partial charge in [-0.1, -0.05) is 25.1 Å². The molecule has 166 valence electrons. The maximum absolute atomic E-state index is 13.1. The van der Waals surface area contributed by atoms with Gasteiger partial charge in [0.05, 0.1) is 25.0 Å². The number of sulfonamides is 1. The van der Waals surface area contributed by atoms with E-state index in [0.717, 1.165) is 37.9 Å². The molecular weight excluding hydrogens is 404 g/mol. The monoisotopic (exact) mass is 436 g/mol. The molecule has 3 aliphatic heterocycles. The smallest absolute Gasteiger partial charge is 0.260 e. The highest BCUT2D eigenvalue weighted by molar-refractivity contribution is 7.88. The van der Waals surface area contributed by atoms with Gasteiger partial charge < -0.3 is 14.4 Å². The average Bonchev–Trinajstić information content (AvgIpc) is 2.73. The number of carbonyl (C=O) groups is 1. The van der Waals surface area contributed by atoms with Crippen molar-refractivity contribution in [3.63, 3.8) is 0 Å². The van der Waals surface area contributed by atoms with E-state index in [2.05, 4.69) is 10.8 Å². The van der Waals surface area contributed by atoms with Crippen LogP contribution in [-0.2, 0) is 19.6 Å². The normalized spacial score (nSPS) is 32.8. The maximum Gasteiger partial charge on any atom is 0.260 e. The second-order valence-electron chi connectivity index (χ2n) is 8.97. The third-order valence-corrected chi connectivity index (χ3v) is 7.51. The summed E-state index contributed by atoms with van der Waals surface area (Å²) in [4.78, 5) is 14.9. The van der Waals surface area contributed by atoms with Crippen molar-refractivity contribution in [1.29, 1.82) is 0 Å². The molecule has 7 nitrogen and oxygen atoms in total. The number of fused-ring (bicyclic) bond motifs is 5. The zero-order valence-corrected chi connectivity index (χ0v) is 18.6. The molecule has 5 rings (SSSR count). The third kappa shape index (κ3) is 4.81. The summed E-state index contributed by atoms with van der Waals surface area (Å²) in [6.07, 6.45) is 6.00. The molecule has 4 aliphatic rings. The molecule has 1 saturated heterocycles. The van der Waals surface area contributed by atoms with Crippen molar-refractivity contribution in [2.75, 3.05) is 26.0 Å². The number of nitrogens with one attached hydrogen (secondary N) is 1. The molecular formula is C22H32N2O5S. The molecule has 8 heteroatoms. The van der Waals surface area contributed by atoms with Gasteiger partial charge in [0.1, 0.15) is 5.75 Å². The highest BCUT2D eigenvalue weighted by atomic mass is 32.2. The zero-order valence-electron chi connectivity index (χ0n) is 17.7. The van der Waals surface area contributed by atoms with E-state index in [-0.39, 0.29) is 36.6 Å². The Morgan fingerprint density at radius 1 is 1.10 bits per heavy atom. The van der Waals surface area contributed by atoms with Gasteiger partial charge in [-0.3, -0.25) is 4.79 Å². The lowest BCUT2D eigenvalue weighted by atomic mass is 9.82. The van der Waals surface area contributed by atoms with Gasteiger partial charge in [-0.2, -0.15) is 0 Å². The summed E-state index contributed by atoms with van der Waals surface area (Å²) >= 11 is 0. The number of carbonyl (C=O) groups excluding carboxylic acids is 1. The van der Waals surface area contributed by atoms with Crippen LogP contribution in [0.25, 0.3) is 0 Å². The molecule has 2 bridgehead atoms. The lowest BCUT2D eigenvalue weighted by molar-refractivity contribution is -0.141. The number of ether oxygens (including phenoxy) is 2. The lowest BCUT2D eigenvalue weighted by Gasteiger charge is -2.44. The molecule has 1 amide bonds. The minimum atomic E-state index is -3.41. The van der Waals surface area contributed by atoms with Crippen LogP contribution in [0.2, 0.25) is 0 Å². The highest BCUT2D eigenvalue weighted by Gasteiger charge is 2.41. The summed E-state index contributed by atoms with van der Waals surface area (Å²) in [6.45, 7) is 2.90. The number of piperidine rings is 1. The first-order valence-electron chi connectivity index (χ1n) is 10.9. The van der Waals surface area contributed by atoms with Crippen LogP contribution in [0, 0.1) is 5.92 Å². The Labute approximate surface area is 179 Å². The second kappa shape index (κ2) is 8.85. The van der Waals surface area contributed by atoms with E-state index >= 15 is 0 Å². The minimum absolute atomic E-state index is 0.0519. The molecule has 0 radical (unpaired) electrons. The summed E-state index contributed by atoms with van der Waals surface area (Å²) < 4.78 is 39.1. The summed E-state index contributed by atoms with van der Waals surface area (Å²) in [7, 11) is -3.41. The predicted molar refractivity (Wildman–Crippen MR) is 114 cm³/mol. The van der Waals surface area contributed by atoms with Crippen LogP contribution >= 0.6 is 0 Å². The second-order valence-corrected chi connectivity index (χ2v) is 10.7. The predicted octanol–water partition coefficient (Wildman–Crippen LogP) is 2.28. The molecule has 1 aliphatic carbocycles. The van der Waals surface area contributed by atoms with Gasteiger partial charge in [-0.15, -0.1) is 0 Å². The lowest BCUT2D eigenvalue weighted by Crippen LogP contribution is -2.62. The van der Waals surface area contributed by atoms with E-state index in [4.69, 9.17) is 9.47 Å². The van der Waals surface area contributed by atoms with E-state index in [9.17, 15) is 13.2 Å². The third-order valence-electron chi connectivity index (χ3n) is 6.81. The van der Waals surface area contributed by atoms with Crippen LogP contribution in [0.3, 0.4) is 0 Å². The molecule has 0 aromatic heterocycles.